The molecule has 2 nitrogen and oxygen atoms in total. The molecule has 0 radical (unpaired) electrons. The van der Waals surface area contributed by atoms with E-state index < -0.39 is 0 Å². The Morgan fingerprint density at radius 2 is 1.88 bits per heavy atom. The lowest BCUT2D eigenvalue weighted by atomic mass is 9.96. The Hall–Kier alpha value is -1.25. The van der Waals surface area contributed by atoms with E-state index in [1.54, 1.807) is 6.07 Å². The maximum atomic E-state index is 13.0. The van der Waals surface area contributed by atoms with E-state index in [-0.39, 0.29) is 5.82 Å². The number of benzene rings is 1. The third kappa shape index (κ3) is 1.99. The van der Waals surface area contributed by atoms with Crippen molar-refractivity contribution < 1.29 is 4.39 Å². The van der Waals surface area contributed by atoms with Gasteiger partial charge in [-0.3, -0.25) is 0 Å². The predicted octanol–water partition coefficient (Wildman–Crippen LogP) is 3.18. The smallest absolute Gasteiger partial charge is 0.125 e. The standard InChI is InChI=1S/C13H19FN2/c1-9-4-3-5-10(2)16(9)13-7-6-11(14)8-12(13)15/h6-10H,3-5,15H2,1-2H3. The molecule has 1 aromatic rings. The molecule has 1 heterocycles. The third-order valence-electron chi connectivity index (χ3n) is 3.46. The van der Waals surface area contributed by atoms with Crippen LogP contribution in [-0.4, -0.2) is 12.1 Å². The van der Waals surface area contributed by atoms with Crippen molar-refractivity contribution in [2.45, 2.75) is 45.2 Å². The van der Waals surface area contributed by atoms with Gasteiger partial charge in [0.05, 0.1) is 11.4 Å². The van der Waals surface area contributed by atoms with E-state index in [0.717, 1.165) is 5.69 Å². The average molecular weight is 222 g/mol. The van der Waals surface area contributed by atoms with Crippen molar-refractivity contribution in [3.8, 4) is 0 Å². The SMILES string of the molecule is CC1CCCC(C)N1c1ccc(F)cc1N. The maximum absolute atomic E-state index is 13.0. The first-order chi connectivity index (χ1) is 7.59. The Morgan fingerprint density at radius 1 is 1.25 bits per heavy atom. The quantitative estimate of drug-likeness (QED) is 0.739. The summed E-state index contributed by atoms with van der Waals surface area (Å²) in [6.07, 6.45) is 3.63. The molecule has 0 bridgehead atoms. The monoisotopic (exact) mass is 222 g/mol. The first kappa shape index (κ1) is 11.2. The molecule has 1 saturated heterocycles. The highest BCUT2D eigenvalue weighted by atomic mass is 19.1. The van der Waals surface area contributed by atoms with Gasteiger partial charge in [-0.1, -0.05) is 0 Å². The van der Waals surface area contributed by atoms with Gasteiger partial charge in [0.15, 0.2) is 0 Å². The topological polar surface area (TPSA) is 29.3 Å². The van der Waals surface area contributed by atoms with Gasteiger partial charge in [-0.25, -0.2) is 4.39 Å². The molecular formula is C13H19FN2. The van der Waals surface area contributed by atoms with Crippen LogP contribution >= 0.6 is 0 Å². The number of rotatable bonds is 1. The Balaban J connectivity index is 2.34. The van der Waals surface area contributed by atoms with Gasteiger partial charge in [-0.05, 0) is 51.3 Å². The molecule has 1 aliphatic rings. The second kappa shape index (κ2) is 4.32. The summed E-state index contributed by atoms with van der Waals surface area (Å²) in [7, 11) is 0. The van der Waals surface area contributed by atoms with E-state index in [9.17, 15) is 4.39 Å². The first-order valence-electron chi connectivity index (χ1n) is 5.93. The number of anilines is 2. The predicted molar refractivity (Wildman–Crippen MR) is 66.1 cm³/mol. The first-order valence-corrected chi connectivity index (χ1v) is 5.93. The summed E-state index contributed by atoms with van der Waals surface area (Å²) >= 11 is 0. The van der Waals surface area contributed by atoms with Crippen LogP contribution in [-0.2, 0) is 0 Å². The van der Waals surface area contributed by atoms with Crippen LogP contribution in [0.3, 0.4) is 0 Å². The summed E-state index contributed by atoms with van der Waals surface area (Å²) in [5.41, 5.74) is 7.41. The second-order valence-corrected chi connectivity index (χ2v) is 4.74. The van der Waals surface area contributed by atoms with E-state index in [0.29, 0.717) is 17.8 Å². The van der Waals surface area contributed by atoms with E-state index in [4.69, 9.17) is 5.73 Å². The van der Waals surface area contributed by atoms with Crippen LogP contribution in [0, 0.1) is 5.82 Å². The molecule has 16 heavy (non-hydrogen) atoms. The molecule has 0 aromatic heterocycles. The zero-order chi connectivity index (χ0) is 11.7. The number of hydrogen-bond acceptors (Lipinski definition) is 2. The normalized spacial score (nSPS) is 25.8. The second-order valence-electron chi connectivity index (χ2n) is 4.74. The zero-order valence-corrected chi connectivity index (χ0v) is 9.91. The lowest BCUT2D eigenvalue weighted by Gasteiger charge is -2.41. The highest BCUT2D eigenvalue weighted by Gasteiger charge is 2.26. The van der Waals surface area contributed by atoms with Gasteiger partial charge in [-0.2, -0.15) is 0 Å². The number of halogens is 1. The number of piperidine rings is 1. The van der Waals surface area contributed by atoms with E-state index in [1.165, 1.54) is 31.4 Å². The van der Waals surface area contributed by atoms with Crippen molar-refractivity contribution in [3.63, 3.8) is 0 Å². The summed E-state index contributed by atoms with van der Waals surface area (Å²) in [6.45, 7) is 4.41. The van der Waals surface area contributed by atoms with Crippen molar-refractivity contribution >= 4 is 11.4 Å². The fourth-order valence-corrected chi connectivity index (χ4v) is 2.66. The van der Waals surface area contributed by atoms with Gasteiger partial charge in [0, 0.05) is 12.1 Å². The lowest BCUT2D eigenvalue weighted by molar-refractivity contribution is 0.414. The van der Waals surface area contributed by atoms with Crippen LogP contribution < -0.4 is 10.6 Å². The van der Waals surface area contributed by atoms with Crippen molar-refractivity contribution in [2.24, 2.45) is 0 Å². The minimum absolute atomic E-state index is 0.265. The van der Waals surface area contributed by atoms with E-state index in [1.807, 2.05) is 0 Å². The molecule has 3 heteroatoms. The van der Waals surface area contributed by atoms with Crippen molar-refractivity contribution in [1.29, 1.82) is 0 Å². The minimum Gasteiger partial charge on any atom is -0.397 e. The van der Waals surface area contributed by atoms with Crippen molar-refractivity contribution in [3.05, 3.63) is 24.0 Å². The van der Waals surface area contributed by atoms with Crippen LogP contribution in [0.4, 0.5) is 15.8 Å². The lowest BCUT2D eigenvalue weighted by Crippen LogP contribution is -2.44. The molecule has 2 N–H and O–H groups in total. The molecule has 0 amide bonds. The van der Waals surface area contributed by atoms with Gasteiger partial charge in [-0.15, -0.1) is 0 Å². The summed E-state index contributed by atoms with van der Waals surface area (Å²) in [5.74, 6) is -0.265. The third-order valence-corrected chi connectivity index (χ3v) is 3.46. The number of nitrogens with two attached hydrogens (primary N) is 1. The molecule has 2 atom stereocenters. The fraction of sp³-hybridized carbons (Fsp3) is 0.538. The van der Waals surface area contributed by atoms with E-state index >= 15 is 0 Å². The largest absolute Gasteiger partial charge is 0.397 e. The summed E-state index contributed by atoms with van der Waals surface area (Å²) < 4.78 is 13.0. The minimum atomic E-state index is -0.265. The molecule has 2 rings (SSSR count). The maximum Gasteiger partial charge on any atom is 0.125 e. The highest BCUT2D eigenvalue weighted by Crippen LogP contribution is 2.33. The fourth-order valence-electron chi connectivity index (χ4n) is 2.66. The molecule has 0 spiro atoms. The van der Waals surface area contributed by atoms with Crippen LogP contribution in [0.5, 0.6) is 0 Å². The number of nitrogens with zero attached hydrogens (tertiary/aromatic N) is 1. The summed E-state index contributed by atoms with van der Waals surface area (Å²) in [5, 5.41) is 0. The van der Waals surface area contributed by atoms with Crippen LogP contribution in [0.25, 0.3) is 0 Å². The molecule has 88 valence electrons. The molecule has 0 saturated carbocycles. The molecule has 0 aliphatic carbocycles. The highest BCUT2D eigenvalue weighted by molar-refractivity contribution is 5.68. The zero-order valence-electron chi connectivity index (χ0n) is 9.91. The molecule has 2 unspecified atom stereocenters. The van der Waals surface area contributed by atoms with Crippen molar-refractivity contribution in [2.75, 3.05) is 10.6 Å². The van der Waals surface area contributed by atoms with Crippen LogP contribution in [0.2, 0.25) is 0 Å². The van der Waals surface area contributed by atoms with Gasteiger partial charge >= 0.3 is 0 Å². The number of hydrogen-bond donors (Lipinski definition) is 1. The molecule has 1 fully saturated rings. The Labute approximate surface area is 96.2 Å². The summed E-state index contributed by atoms with van der Waals surface area (Å²) in [6, 6.07) is 5.65. The molecule has 1 aliphatic heterocycles. The Kier molecular flexibility index (Phi) is 3.03. The Bertz CT molecular complexity index is 368. The van der Waals surface area contributed by atoms with E-state index in [2.05, 4.69) is 18.7 Å². The summed E-state index contributed by atoms with van der Waals surface area (Å²) in [4.78, 5) is 2.32. The van der Waals surface area contributed by atoms with Gasteiger partial charge < -0.3 is 10.6 Å². The molecule has 1 aromatic carbocycles. The molecular weight excluding hydrogens is 203 g/mol. The van der Waals surface area contributed by atoms with Crippen molar-refractivity contribution in [1.82, 2.24) is 0 Å². The van der Waals surface area contributed by atoms with Gasteiger partial charge in [0.1, 0.15) is 5.82 Å². The average Bonchev–Trinajstić information content (AvgIpc) is 2.20. The van der Waals surface area contributed by atoms with Crippen LogP contribution in [0.1, 0.15) is 33.1 Å². The Morgan fingerprint density at radius 3 is 2.44 bits per heavy atom. The van der Waals surface area contributed by atoms with Crippen LogP contribution in [0.15, 0.2) is 18.2 Å². The number of nitrogen functional groups attached to an aromatic ring is 1. The van der Waals surface area contributed by atoms with Gasteiger partial charge in [0.25, 0.3) is 0 Å². The van der Waals surface area contributed by atoms with Gasteiger partial charge in [0.2, 0.25) is 0 Å².